The van der Waals surface area contributed by atoms with Crippen molar-refractivity contribution in [3.8, 4) is 0 Å². The standard InChI is InChI=1S/C19H25F3N6O2S/c1-13-3-4-14(2)28(13)12-9-26-7-10-27(11-8-26)16(30)6-5-15(29)23-18-25-24-17(31-18)19(20,21)22/h3-4H,5-12H2,1-2H3,(H,23,25,29)/p+1. The van der Waals surface area contributed by atoms with Gasteiger partial charge in [0.15, 0.2) is 0 Å². The zero-order valence-corrected chi connectivity index (χ0v) is 18.3. The summed E-state index contributed by atoms with van der Waals surface area (Å²) in [6.07, 6.45) is -4.70. The lowest BCUT2D eigenvalue weighted by Gasteiger charge is -2.32. The molecule has 170 valence electrons. The van der Waals surface area contributed by atoms with E-state index in [1.54, 1.807) is 4.90 Å². The van der Waals surface area contributed by atoms with Crippen molar-refractivity contribution in [1.82, 2.24) is 19.7 Å². The van der Waals surface area contributed by atoms with Gasteiger partial charge in [-0.3, -0.25) is 9.59 Å². The summed E-state index contributed by atoms with van der Waals surface area (Å²) >= 11 is 0.257. The Hall–Kier alpha value is -2.47. The third kappa shape index (κ3) is 6.26. The van der Waals surface area contributed by atoms with Gasteiger partial charge < -0.3 is 19.7 Å². The number of piperazine rings is 1. The summed E-state index contributed by atoms with van der Waals surface area (Å²) in [5.41, 5.74) is 2.49. The van der Waals surface area contributed by atoms with E-state index in [2.05, 4.69) is 46.1 Å². The van der Waals surface area contributed by atoms with Gasteiger partial charge in [-0.2, -0.15) is 13.2 Å². The average Bonchev–Trinajstić information content (AvgIpc) is 3.31. The molecule has 0 aromatic carbocycles. The number of carbonyl (C=O) groups is 2. The molecule has 2 N–H and O–H groups in total. The van der Waals surface area contributed by atoms with Crippen LogP contribution in [0.5, 0.6) is 0 Å². The predicted octanol–water partition coefficient (Wildman–Crippen LogP) is 1.12. The number of alkyl halides is 3. The highest BCUT2D eigenvalue weighted by Gasteiger charge is 2.35. The number of carbonyl (C=O) groups excluding carboxylic acids is 2. The Kier molecular flexibility index (Phi) is 7.31. The first kappa shape index (κ1) is 23.2. The van der Waals surface area contributed by atoms with E-state index in [0.29, 0.717) is 13.1 Å². The van der Waals surface area contributed by atoms with Crippen molar-refractivity contribution in [2.75, 3.05) is 38.0 Å². The fraction of sp³-hybridized carbons (Fsp3) is 0.579. The number of halogens is 3. The lowest BCUT2D eigenvalue weighted by molar-refractivity contribution is -0.904. The molecule has 3 rings (SSSR count). The first-order chi connectivity index (χ1) is 14.6. The molecule has 2 aromatic heterocycles. The molecule has 8 nitrogen and oxygen atoms in total. The van der Waals surface area contributed by atoms with Gasteiger partial charge in [0.05, 0.1) is 39.3 Å². The number of aryl methyl sites for hydroxylation is 2. The highest BCUT2D eigenvalue weighted by molar-refractivity contribution is 7.15. The number of rotatable bonds is 7. The van der Waals surface area contributed by atoms with Gasteiger partial charge in [-0.15, -0.1) is 10.2 Å². The Bertz CT molecular complexity index is 899. The summed E-state index contributed by atoms with van der Waals surface area (Å²) in [7, 11) is 0. The van der Waals surface area contributed by atoms with Gasteiger partial charge in [-0.05, 0) is 26.0 Å². The van der Waals surface area contributed by atoms with Crippen molar-refractivity contribution in [2.45, 2.75) is 39.4 Å². The first-order valence-corrected chi connectivity index (χ1v) is 10.9. The SMILES string of the molecule is Cc1ccc(C)n1CC[NH+]1CCN(C(=O)CCC(=O)Nc2nnc(C(F)(F)F)s2)CC1. The van der Waals surface area contributed by atoms with Gasteiger partial charge >= 0.3 is 6.18 Å². The van der Waals surface area contributed by atoms with Crippen LogP contribution in [-0.2, 0) is 22.3 Å². The van der Waals surface area contributed by atoms with E-state index in [4.69, 9.17) is 0 Å². The van der Waals surface area contributed by atoms with Crippen molar-refractivity contribution in [3.63, 3.8) is 0 Å². The van der Waals surface area contributed by atoms with Crippen molar-refractivity contribution in [3.05, 3.63) is 28.5 Å². The second-order valence-electron chi connectivity index (χ2n) is 7.61. The second-order valence-corrected chi connectivity index (χ2v) is 8.58. The highest BCUT2D eigenvalue weighted by Crippen LogP contribution is 2.33. The third-order valence-corrected chi connectivity index (χ3v) is 6.29. The van der Waals surface area contributed by atoms with E-state index in [1.165, 1.54) is 16.3 Å². The summed E-state index contributed by atoms with van der Waals surface area (Å²) < 4.78 is 39.9. The van der Waals surface area contributed by atoms with Gasteiger partial charge in [0, 0.05) is 24.2 Å². The van der Waals surface area contributed by atoms with Gasteiger partial charge in [-0.25, -0.2) is 0 Å². The first-order valence-electron chi connectivity index (χ1n) is 10.1. The Balaban J connectivity index is 1.37. The van der Waals surface area contributed by atoms with Crippen LogP contribution in [0.1, 0.15) is 29.2 Å². The van der Waals surface area contributed by atoms with Crippen molar-refractivity contribution in [1.29, 1.82) is 0 Å². The van der Waals surface area contributed by atoms with E-state index in [1.807, 2.05) is 0 Å². The molecule has 1 aliphatic heterocycles. The molecule has 0 unspecified atom stereocenters. The van der Waals surface area contributed by atoms with Crippen LogP contribution in [0, 0.1) is 13.8 Å². The van der Waals surface area contributed by atoms with Crippen LogP contribution in [0.4, 0.5) is 18.3 Å². The van der Waals surface area contributed by atoms with E-state index < -0.39 is 17.1 Å². The number of hydrogen-bond donors (Lipinski definition) is 2. The van der Waals surface area contributed by atoms with Crippen LogP contribution < -0.4 is 10.2 Å². The Labute approximate surface area is 182 Å². The normalized spacial score (nSPS) is 15.3. The minimum atomic E-state index is -4.60. The van der Waals surface area contributed by atoms with Gasteiger partial charge in [0.1, 0.15) is 0 Å². The summed E-state index contributed by atoms with van der Waals surface area (Å²) in [4.78, 5) is 27.5. The number of anilines is 1. The fourth-order valence-corrected chi connectivity index (χ4v) is 4.22. The van der Waals surface area contributed by atoms with Crippen LogP contribution in [-0.4, -0.2) is 64.2 Å². The Morgan fingerprint density at radius 2 is 1.77 bits per heavy atom. The quantitative estimate of drug-likeness (QED) is 0.650. The zero-order chi connectivity index (χ0) is 22.6. The molecule has 0 atom stereocenters. The van der Waals surface area contributed by atoms with Crippen LogP contribution in [0.15, 0.2) is 12.1 Å². The van der Waals surface area contributed by atoms with Gasteiger partial charge in [0.25, 0.3) is 0 Å². The molecule has 2 amide bonds. The third-order valence-electron chi connectivity index (χ3n) is 5.41. The second kappa shape index (κ2) is 9.77. The van der Waals surface area contributed by atoms with Crippen LogP contribution in [0.2, 0.25) is 0 Å². The van der Waals surface area contributed by atoms with Crippen molar-refractivity contribution < 1.29 is 27.7 Å². The summed E-state index contributed by atoms with van der Waals surface area (Å²) in [5.74, 6) is -0.681. The molecular weight excluding hydrogens is 433 g/mol. The summed E-state index contributed by atoms with van der Waals surface area (Å²) in [6.45, 7) is 9.07. The number of aromatic nitrogens is 3. The van der Waals surface area contributed by atoms with Gasteiger partial charge in [-0.1, -0.05) is 11.3 Å². The van der Waals surface area contributed by atoms with Crippen molar-refractivity contribution in [2.24, 2.45) is 0 Å². The molecule has 2 aromatic rings. The number of hydrogen-bond acceptors (Lipinski definition) is 5. The lowest BCUT2D eigenvalue weighted by atomic mass is 10.2. The zero-order valence-electron chi connectivity index (χ0n) is 17.5. The molecule has 0 aliphatic carbocycles. The molecule has 12 heteroatoms. The molecule has 0 spiro atoms. The predicted molar refractivity (Wildman–Crippen MR) is 109 cm³/mol. The molecular formula is C19H26F3N6O2S+. The fourth-order valence-electron chi connectivity index (χ4n) is 3.59. The minimum Gasteiger partial charge on any atom is -0.344 e. The molecule has 3 heterocycles. The summed E-state index contributed by atoms with van der Waals surface area (Å²) in [6, 6.07) is 4.22. The maximum absolute atomic E-state index is 12.5. The van der Waals surface area contributed by atoms with Crippen LogP contribution in [0.3, 0.4) is 0 Å². The maximum atomic E-state index is 12.5. The molecule has 31 heavy (non-hydrogen) atoms. The molecule has 0 radical (unpaired) electrons. The molecule has 0 saturated carbocycles. The number of nitrogens with one attached hydrogen (secondary N) is 2. The summed E-state index contributed by atoms with van der Waals surface area (Å²) in [5, 5.41) is 7.24. The number of quaternary nitrogens is 1. The maximum Gasteiger partial charge on any atom is 0.445 e. The topological polar surface area (TPSA) is 84.6 Å². The molecule has 0 bridgehead atoms. The lowest BCUT2D eigenvalue weighted by Crippen LogP contribution is -3.15. The van der Waals surface area contributed by atoms with E-state index in [9.17, 15) is 22.8 Å². The molecule has 1 aliphatic rings. The largest absolute Gasteiger partial charge is 0.445 e. The van der Waals surface area contributed by atoms with E-state index in [0.717, 1.165) is 26.2 Å². The highest BCUT2D eigenvalue weighted by atomic mass is 32.1. The average molecular weight is 460 g/mol. The monoisotopic (exact) mass is 459 g/mol. The Morgan fingerprint density at radius 1 is 1.13 bits per heavy atom. The van der Waals surface area contributed by atoms with E-state index in [-0.39, 0.29) is 35.2 Å². The molecule has 1 saturated heterocycles. The minimum absolute atomic E-state index is 0.00779. The van der Waals surface area contributed by atoms with E-state index >= 15 is 0 Å². The van der Waals surface area contributed by atoms with Crippen molar-refractivity contribution >= 4 is 28.3 Å². The van der Waals surface area contributed by atoms with Crippen LogP contribution in [0.25, 0.3) is 0 Å². The number of nitrogens with zero attached hydrogens (tertiary/aromatic N) is 4. The smallest absolute Gasteiger partial charge is 0.344 e. The van der Waals surface area contributed by atoms with Crippen LogP contribution >= 0.6 is 11.3 Å². The Morgan fingerprint density at radius 3 is 2.35 bits per heavy atom. The molecule has 1 fully saturated rings. The van der Waals surface area contributed by atoms with Gasteiger partial charge in [0.2, 0.25) is 22.0 Å². The number of amides is 2.